The number of nitrogens with one attached hydrogen (secondary N) is 1. The largest absolute Gasteiger partial charge is 0.373 e. The number of hydrogen-bond donors (Lipinski definition) is 1. The lowest BCUT2D eigenvalue weighted by molar-refractivity contribution is 0.0511. The van der Waals surface area contributed by atoms with E-state index in [0.29, 0.717) is 17.6 Å². The van der Waals surface area contributed by atoms with Crippen LogP contribution in [0.15, 0.2) is 0 Å². The first kappa shape index (κ1) is 7.90. The molecule has 0 spiro atoms. The normalized spacial score (nSPS) is 45.0. The van der Waals surface area contributed by atoms with Gasteiger partial charge < -0.3 is 10.1 Å². The van der Waals surface area contributed by atoms with Gasteiger partial charge in [-0.25, -0.2) is 0 Å². The minimum atomic E-state index is 0.484. The molecular weight excluding hydrogens is 158 g/mol. The molecule has 0 bridgehead atoms. The Morgan fingerprint density at radius 3 is 2.91 bits per heavy atom. The zero-order valence-corrected chi connectivity index (χ0v) is 7.69. The average Bonchev–Trinajstić information content (AvgIpc) is 2.55. The topological polar surface area (TPSA) is 21.3 Å². The van der Waals surface area contributed by atoms with Crippen molar-refractivity contribution < 1.29 is 4.74 Å². The first-order valence-electron chi connectivity index (χ1n) is 4.37. The summed E-state index contributed by atoms with van der Waals surface area (Å²) in [6, 6.07) is 0. The fourth-order valence-electron chi connectivity index (χ4n) is 1.74. The molecule has 2 saturated heterocycles. The molecule has 0 aromatic rings. The maximum atomic E-state index is 5.76. The van der Waals surface area contributed by atoms with E-state index >= 15 is 0 Å². The van der Waals surface area contributed by atoms with Crippen LogP contribution in [0.3, 0.4) is 0 Å². The van der Waals surface area contributed by atoms with Gasteiger partial charge in [-0.3, -0.25) is 0 Å². The van der Waals surface area contributed by atoms with E-state index in [9.17, 15) is 0 Å². The Morgan fingerprint density at radius 1 is 1.45 bits per heavy atom. The van der Waals surface area contributed by atoms with E-state index in [4.69, 9.17) is 4.74 Å². The first-order chi connectivity index (χ1) is 5.36. The summed E-state index contributed by atoms with van der Waals surface area (Å²) >= 11 is 2.01. The molecule has 0 aromatic carbocycles. The van der Waals surface area contributed by atoms with Crippen LogP contribution in [0, 0.1) is 0 Å². The molecule has 3 heteroatoms. The van der Waals surface area contributed by atoms with Crippen molar-refractivity contribution in [1.82, 2.24) is 5.32 Å². The molecule has 64 valence electrons. The maximum absolute atomic E-state index is 5.76. The zero-order chi connectivity index (χ0) is 7.68. The molecule has 0 aromatic heterocycles. The van der Waals surface area contributed by atoms with E-state index in [1.165, 1.54) is 18.6 Å². The molecule has 2 aliphatic heterocycles. The molecule has 3 atom stereocenters. The van der Waals surface area contributed by atoms with Crippen molar-refractivity contribution >= 4 is 11.8 Å². The molecule has 0 aliphatic carbocycles. The van der Waals surface area contributed by atoms with Crippen LogP contribution in [0.2, 0.25) is 0 Å². The molecule has 0 saturated carbocycles. The van der Waals surface area contributed by atoms with Gasteiger partial charge in [-0.1, -0.05) is 0 Å². The van der Waals surface area contributed by atoms with E-state index < -0.39 is 0 Å². The monoisotopic (exact) mass is 173 g/mol. The summed E-state index contributed by atoms with van der Waals surface area (Å²) in [6.07, 6.45) is 3.45. The summed E-state index contributed by atoms with van der Waals surface area (Å²) in [4.78, 5) is 0. The standard InChI is InChI=1S/C8H15NOS/c1-6-2-3-7(10-6)8-9-4-5-11-8/h6-9H,2-5H2,1H3. The summed E-state index contributed by atoms with van der Waals surface area (Å²) in [5.74, 6) is 1.25. The highest BCUT2D eigenvalue weighted by atomic mass is 32.2. The molecular formula is C8H15NOS. The van der Waals surface area contributed by atoms with Gasteiger partial charge in [0.05, 0.1) is 17.6 Å². The summed E-state index contributed by atoms with van der Waals surface area (Å²) in [5, 5.41) is 4.04. The van der Waals surface area contributed by atoms with Crippen molar-refractivity contribution in [2.24, 2.45) is 0 Å². The Kier molecular flexibility index (Phi) is 2.39. The number of thioether (sulfide) groups is 1. The van der Waals surface area contributed by atoms with Gasteiger partial charge in [0, 0.05) is 12.3 Å². The molecule has 11 heavy (non-hydrogen) atoms. The van der Waals surface area contributed by atoms with Gasteiger partial charge in [-0.2, -0.15) is 0 Å². The highest BCUT2D eigenvalue weighted by molar-refractivity contribution is 8.00. The second-order valence-electron chi connectivity index (χ2n) is 3.31. The Hall–Kier alpha value is 0.270. The molecule has 0 radical (unpaired) electrons. The molecule has 0 amide bonds. The predicted molar refractivity (Wildman–Crippen MR) is 47.8 cm³/mol. The average molecular weight is 173 g/mol. The van der Waals surface area contributed by atoms with E-state index in [1.807, 2.05) is 11.8 Å². The fourth-order valence-corrected chi connectivity index (χ4v) is 2.88. The molecule has 2 nitrogen and oxygen atoms in total. The van der Waals surface area contributed by atoms with Crippen LogP contribution in [-0.2, 0) is 4.74 Å². The second-order valence-corrected chi connectivity index (χ2v) is 4.56. The van der Waals surface area contributed by atoms with Crippen LogP contribution in [0.5, 0.6) is 0 Å². The lowest BCUT2D eigenvalue weighted by Crippen LogP contribution is -2.32. The third kappa shape index (κ3) is 1.71. The Balaban J connectivity index is 1.85. The lowest BCUT2D eigenvalue weighted by Gasteiger charge is -2.17. The molecule has 2 rings (SSSR count). The van der Waals surface area contributed by atoms with Crippen LogP contribution >= 0.6 is 11.8 Å². The van der Waals surface area contributed by atoms with Gasteiger partial charge in [0.2, 0.25) is 0 Å². The van der Waals surface area contributed by atoms with E-state index in [1.54, 1.807) is 0 Å². The van der Waals surface area contributed by atoms with Crippen LogP contribution in [0.1, 0.15) is 19.8 Å². The summed E-state index contributed by atoms with van der Waals surface area (Å²) in [6.45, 7) is 3.32. The van der Waals surface area contributed by atoms with Crippen LogP contribution in [0.4, 0.5) is 0 Å². The van der Waals surface area contributed by atoms with Gasteiger partial charge in [0.1, 0.15) is 0 Å². The van der Waals surface area contributed by atoms with Crippen molar-refractivity contribution in [1.29, 1.82) is 0 Å². The quantitative estimate of drug-likeness (QED) is 0.644. The molecule has 2 heterocycles. The summed E-state index contributed by atoms with van der Waals surface area (Å²) in [5.41, 5.74) is 0. The molecule has 2 aliphatic rings. The fraction of sp³-hybridized carbons (Fsp3) is 1.00. The van der Waals surface area contributed by atoms with Gasteiger partial charge >= 0.3 is 0 Å². The molecule has 2 fully saturated rings. The van der Waals surface area contributed by atoms with E-state index in [-0.39, 0.29) is 0 Å². The number of ether oxygens (including phenoxy) is 1. The Bertz CT molecular complexity index is 136. The first-order valence-corrected chi connectivity index (χ1v) is 5.41. The third-order valence-corrected chi connectivity index (χ3v) is 3.62. The van der Waals surface area contributed by atoms with Crippen molar-refractivity contribution in [3.8, 4) is 0 Å². The highest BCUT2D eigenvalue weighted by Gasteiger charge is 2.31. The van der Waals surface area contributed by atoms with E-state index in [2.05, 4.69) is 12.2 Å². The second kappa shape index (κ2) is 3.33. The minimum absolute atomic E-state index is 0.484. The maximum Gasteiger partial charge on any atom is 0.0826 e. The predicted octanol–water partition coefficient (Wildman–Crippen LogP) is 1.22. The van der Waals surface area contributed by atoms with Crippen molar-refractivity contribution in [3.05, 3.63) is 0 Å². The van der Waals surface area contributed by atoms with E-state index in [0.717, 1.165) is 6.54 Å². The zero-order valence-electron chi connectivity index (χ0n) is 6.88. The van der Waals surface area contributed by atoms with Crippen LogP contribution in [-0.4, -0.2) is 29.9 Å². The van der Waals surface area contributed by atoms with Crippen molar-refractivity contribution in [2.45, 2.75) is 37.3 Å². The van der Waals surface area contributed by atoms with Gasteiger partial charge in [-0.05, 0) is 19.8 Å². The lowest BCUT2D eigenvalue weighted by atomic mass is 10.2. The van der Waals surface area contributed by atoms with Gasteiger partial charge in [0.15, 0.2) is 0 Å². The Labute approximate surface area is 72.1 Å². The highest BCUT2D eigenvalue weighted by Crippen LogP contribution is 2.28. The smallest absolute Gasteiger partial charge is 0.0826 e. The Morgan fingerprint density at radius 2 is 2.36 bits per heavy atom. The summed E-state index contributed by atoms with van der Waals surface area (Å²) in [7, 11) is 0. The number of rotatable bonds is 1. The van der Waals surface area contributed by atoms with Crippen molar-refractivity contribution in [3.63, 3.8) is 0 Å². The van der Waals surface area contributed by atoms with Crippen LogP contribution < -0.4 is 5.32 Å². The van der Waals surface area contributed by atoms with Gasteiger partial charge in [0.25, 0.3) is 0 Å². The SMILES string of the molecule is CC1CCC(C2NCCS2)O1. The molecule has 3 unspecified atom stereocenters. The van der Waals surface area contributed by atoms with Gasteiger partial charge in [-0.15, -0.1) is 11.8 Å². The minimum Gasteiger partial charge on any atom is -0.373 e. The van der Waals surface area contributed by atoms with Crippen LogP contribution in [0.25, 0.3) is 0 Å². The number of hydrogen-bond acceptors (Lipinski definition) is 3. The van der Waals surface area contributed by atoms with Crippen molar-refractivity contribution in [2.75, 3.05) is 12.3 Å². The third-order valence-electron chi connectivity index (χ3n) is 2.35. The molecule has 1 N–H and O–H groups in total. The summed E-state index contributed by atoms with van der Waals surface area (Å²) < 4.78 is 5.76.